The summed E-state index contributed by atoms with van der Waals surface area (Å²) in [6.45, 7) is 0. The second kappa shape index (κ2) is 7.63. The molecule has 5 aliphatic rings. The fourth-order valence-corrected chi connectivity index (χ4v) is 7.60. The van der Waals surface area contributed by atoms with Crippen molar-refractivity contribution in [3.63, 3.8) is 0 Å². The lowest BCUT2D eigenvalue weighted by Gasteiger charge is -2.56. The zero-order valence-electron chi connectivity index (χ0n) is 19.5. The van der Waals surface area contributed by atoms with Gasteiger partial charge >= 0.3 is 6.18 Å². The highest BCUT2D eigenvalue weighted by molar-refractivity contribution is 6.07. The molecule has 36 heavy (non-hydrogen) atoms. The van der Waals surface area contributed by atoms with Crippen LogP contribution in [0.15, 0.2) is 41.4 Å². The van der Waals surface area contributed by atoms with E-state index in [4.69, 9.17) is 4.42 Å². The fourth-order valence-electron chi connectivity index (χ4n) is 7.60. The van der Waals surface area contributed by atoms with E-state index < -0.39 is 24.2 Å². The lowest BCUT2D eigenvalue weighted by atomic mass is 9.53. The lowest BCUT2D eigenvalue weighted by molar-refractivity contribution is -0.174. The maximum atomic E-state index is 13.9. The molecule has 3 aromatic rings. The molecule has 8 rings (SSSR count). The second-order valence-electron chi connectivity index (χ2n) is 11.1. The smallest absolute Gasteiger partial charge is 0.410 e. The quantitative estimate of drug-likeness (QED) is 0.493. The first kappa shape index (κ1) is 22.0. The first-order valence-electron chi connectivity index (χ1n) is 12.6. The highest BCUT2D eigenvalue weighted by Gasteiger charge is 2.52. The van der Waals surface area contributed by atoms with Gasteiger partial charge in [0.25, 0.3) is 5.91 Å². The van der Waals surface area contributed by atoms with Gasteiger partial charge in [-0.25, -0.2) is 4.68 Å². The Bertz CT molecular complexity index is 1260. The summed E-state index contributed by atoms with van der Waals surface area (Å²) in [5, 5.41) is 14.4. The molecule has 4 saturated carbocycles. The van der Waals surface area contributed by atoms with Crippen LogP contribution < -0.4 is 10.6 Å². The van der Waals surface area contributed by atoms with Crippen molar-refractivity contribution >= 4 is 17.4 Å². The first-order chi connectivity index (χ1) is 17.3. The molecule has 4 aliphatic carbocycles. The zero-order chi connectivity index (χ0) is 24.7. The Morgan fingerprint density at radius 1 is 1.08 bits per heavy atom. The number of fused-ring (bicyclic) bond motifs is 1. The van der Waals surface area contributed by atoms with Gasteiger partial charge < -0.3 is 15.1 Å². The predicted molar refractivity (Wildman–Crippen MR) is 123 cm³/mol. The molecule has 4 fully saturated rings. The Labute approximate surface area is 205 Å². The van der Waals surface area contributed by atoms with Crippen LogP contribution in [0.1, 0.15) is 73.1 Å². The van der Waals surface area contributed by atoms with Crippen LogP contribution in [0.25, 0.3) is 0 Å². The Morgan fingerprint density at radius 3 is 2.44 bits per heavy atom. The van der Waals surface area contributed by atoms with Gasteiger partial charge in [-0.15, -0.1) is 0 Å². The summed E-state index contributed by atoms with van der Waals surface area (Å²) in [5.41, 5.74) is 0.594. The molecule has 2 atom stereocenters. The first-order valence-corrected chi connectivity index (χ1v) is 12.6. The number of anilines is 2. The molecule has 0 saturated heterocycles. The van der Waals surface area contributed by atoms with Crippen LogP contribution in [0.2, 0.25) is 0 Å². The number of aromatic nitrogens is 4. The standard InChI is InChI=1S/C25H27F3N6O2/c26-25(27,28)21-7-19(20-2-1-3-36-20)32-22-18(12-30-34(21)22)23(35)31-17-11-29-33(13-17)24-8-14-4-15(9-24)6-16(5-14)10-24/h1-3,11-16,19,21,32H,4-10H2,(H,31,35)/t14?,15?,16?,19-,21-,24?/m1/s1. The number of hydrogen-bond acceptors (Lipinski definition) is 5. The van der Waals surface area contributed by atoms with Crippen molar-refractivity contribution in [1.29, 1.82) is 0 Å². The van der Waals surface area contributed by atoms with Crippen LogP contribution in [0, 0.1) is 17.8 Å². The van der Waals surface area contributed by atoms with Gasteiger partial charge in [0.05, 0.1) is 35.9 Å². The summed E-state index contributed by atoms with van der Waals surface area (Å²) in [5.74, 6) is 2.14. The number of nitrogens with zero attached hydrogens (tertiary/aromatic N) is 4. The Morgan fingerprint density at radius 2 is 1.81 bits per heavy atom. The van der Waals surface area contributed by atoms with E-state index in [0.717, 1.165) is 41.7 Å². The molecule has 0 aromatic carbocycles. The Hall–Kier alpha value is -3.24. The minimum atomic E-state index is -4.53. The molecule has 3 aromatic heterocycles. The minimum Gasteiger partial charge on any atom is -0.467 e. The van der Waals surface area contributed by atoms with E-state index in [1.807, 2.05) is 10.9 Å². The van der Waals surface area contributed by atoms with Gasteiger partial charge in [-0.3, -0.25) is 9.48 Å². The third-order valence-electron chi connectivity index (χ3n) is 8.70. The number of alkyl halides is 3. The zero-order valence-corrected chi connectivity index (χ0v) is 19.5. The van der Waals surface area contributed by atoms with E-state index >= 15 is 0 Å². The van der Waals surface area contributed by atoms with Crippen LogP contribution in [-0.2, 0) is 5.54 Å². The molecule has 4 heterocycles. The van der Waals surface area contributed by atoms with E-state index in [9.17, 15) is 18.0 Å². The van der Waals surface area contributed by atoms with Crippen molar-refractivity contribution < 1.29 is 22.4 Å². The van der Waals surface area contributed by atoms with Gasteiger partial charge in [-0.1, -0.05) is 0 Å². The topological polar surface area (TPSA) is 89.9 Å². The van der Waals surface area contributed by atoms with Gasteiger partial charge in [0, 0.05) is 12.6 Å². The number of carbonyl (C=O) groups is 1. The van der Waals surface area contributed by atoms with Gasteiger partial charge in [0.15, 0.2) is 6.04 Å². The van der Waals surface area contributed by atoms with Crippen molar-refractivity contribution in [2.75, 3.05) is 10.6 Å². The van der Waals surface area contributed by atoms with Crippen molar-refractivity contribution in [3.8, 4) is 0 Å². The molecular formula is C25H27F3N6O2. The lowest BCUT2D eigenvalue weighted by Crippen LogP contribution is -2.52. The Kier molecular flexibility index (Phi) is 4.66. The van der Waals surface area contributed by atoms with Crippen molar-refractivity contribution in [2.45, 2.75) is 68.7 Å². The molecular weight excluding hydrogens is 473 g/mol. The van der Waals surface area contributed by atoms with Crippen molar-refractivity contribution in [2.24, 2.45) is 17.8 Å². The van der Waals surface area contributed by atoms with Crippen LogP contribution in [-0.4, -0.2) is 31.6 Å². The van der Waals surface area contributed by atoms with Crippen LogP contribution in [0.4, 0.5) is 24.7 Å². The van der Waals surface area contributed by atoms with Crippen molar-refractivity contribution in [3.05, 3.63) is 48.3 Å². The number of halogens is 3. The molecule has 8 nitrogen and oxygen atoms in total. The van der Waals surface area contributed by atoms with Gasteiger partial charge in [0.1, 0.15) is 17.1 Å². The Balaban J connectivity index is 1.14. The average molecular weight is 501 g/mol. The largest absolute Gasteiger partial charge is 0.467 e. The summed E-state index contributed by atoms with van der Waals surface area (Å²) in [4.78, 5) is 13.2. The predicted octanol–water partition coefficient (Wildman–Crippen LogP) is 5.51. The highest BCUT2D eigenvalue weighted by Crippen LogP contribution is 2.58. The normalized spacial score (nSPS) is 32.8. The molecule has 1 amide bonds. The molecule has 4 bridgehead atoms. The van der Waals surface area contributed by atoms with Gasteiger partial charge in [0.2, 0.25) is 0 Å². The third-order valence-corrected chi connectivity index (χ3v) is 8.70. The van der Waals surface area contributed by atoms with E-state index in [1.54, 1.807) is 18.3 Å². The molecule has 190 valence electrons. The second-order valence-corrected chi connectivity index (χ2v) is 11.1. The van der Waals surface area contributed by atoms with Crippen molar-refractivity contribution in [1.82, 2.24) is 19.6 Å². The molecule has 0 radical (unpaired) electrons. The third kappa shape index (κ3) is 3.46. The summed E-state index contributed by atoms with van der Waals surface area (Å²) in [6, 6.07) is 0.640. The summed E-state index contributed by atoms with van der Waals surface area (Å²) in [6.07, 6.45) is 8.63. The monoisotopic (exact) mass is 500 g/mol. The minimum absolute atomic E-state index is 0.0202. The summed E-state index contributed by atoms with van der Waals surface area (Å²) < 4.78 is 49.9. The number of amides is 1. The maximum absolute atomic E-state index is 13.9. The molecule has 2 N–H and O–H groups in total. The number of rotatable bonds is 4. The molecule has 11 heteroatoms. The van der Waals surface area contributed by atoms with Gasteiger partial charge in [-0.05, 0) is 68.4 Å². The number of carbonyl (C=O) groups excluding carboxylic acids is 1. The average Bonchev–Trinajstić information content (AvgIpc) is 3.57. The SMILES string of the molecule is O=C(Nc1cnn(C23CC4CC(CC(C4)C2)C3)c1)c1cnn2c1N[C@@H](c1ccco1)C[C@@H]2C(F)(F)F. The number of furan rings is 1. The van der Waals surface area contributed by atoms with Crippen LogP contribution >= 0.6 is 0 Å². The van der Waals surface area contributed by atoms with Gasteiger partial charge in [-0.2, -0.15) is 23.4 Å². The maximum Gasteiger partial charge on any atom is 0.410 e. The van der Waals surface area contributed by atoms with E-state index in [1.165, 1.54) is 31.7 Å². The fraction of sp³-hybridized carbons (Fsp3) is 0.560. The summed E-state index contributed by atoms with van der Waals surface area (Å²) in [7, 11) is 0. The number of hydrogen-bond donors (Lipinski definition) is 2. The van der Waals surface area contributed by atoms with Crippen LogP contribution in [0.5, 0.6) is 0 Å². The van der Waals surface area contributed by atoms with Crippen LogP contribution in [0.3, 0.4) is 0 Å². The van der Waals surface area contributed by atoms with E-state index in [-0.39, 0.29) is 23.3 Å². The highest BCUT2D eigenvalue weighted by atomic mass is 19.4. The molecule has 0 unspecified atom stereocenters. The molecule has 1 aliphatic heterocycles. The molecule has 0 spiro atoms. The van der Waals surface area contributed by atoms with E-state index in [0.29, 0.717) is 11.4 Å². The van der Waals surface area contributed by atoms with E-state index in [2.05, 4.69) is 20.8 Å². The summed E-state index contributed by atoms with van der Waals surface area (Å²) >= 11 is 0. The number of nitrogens with one attached hydrogen (secondary N) is 2.